The van der Waals surface area contributed by atoms with Gasteiger partial charge >= 0.3 is 11.9 Å². The van der Waals surface area contributed by atoms with Crippen molar-refractivity contribution in [1.29, 1.82) is 0 Å². The van der Waals surface area contributed by atoms with Gasteiger partial charge in [-0.05, 0) is 24.3 Å². The normalized spacial score (nSPS) is 16.5. The average Bonchev–Trinajstić information content (AvgIpc) is 3.38. The van der Waals surface area contributed by atoms with E-state index in [2.05, 4.69) is 10.6 Å². The van der Waals surface area contributed by atoms with E-state index in [9.17, 15) is 39.0 Å². The van der Waals surface area contributed by atoms with Crippen LogP contribution in [0.25, 0.3) is 0 Å². The van der Waals surface area contributed by atoms with Gasteiger partial charge in [-0.25, -0.2) is 9.59 Å². The molecule has 4 amide bonds. The van der Waals surface area contributed by atoms with Crippen LogP contribution < -0.4 is 10.6 Å². The molecule has 0 aliphatic carbocycles. The van der Waals surface area contributed by atoms with E-state index in [1.54, 1.807) is 0 Å². The molecular weight excluding hydrogens is 657 g/mol. The maximum atomic E-state index is 13.1. The van der Waals surface area contributed by atoms with Crippen LogP contribution in [-0.4, -0.2) is 87.5 Å². The van der Waals surface area contributed by atoms with Gasteiger partial charge in [-0.2, -0.15) is 0 Å². The SMILES string of the molecule is O=C(CCN1C(=O)C(=C2SC(=S)N(CCC(=O)Nc3ccc(C(=O)O)c(O)c3)C2=O)SC1=S)Nc1ccc(C(=O)O)c(O)c1. The lowest BCUT2D eigenvalue weighted by molar-refractivity contribution is -0.125. The Labute approximate surface area is 267 Å². The summed E-state index contributed by atoms with van der Waals surface area (Å²) in [5.41, 5.74) is -0.371. The lowest BCUT2D eigenvalue weighted by Crippen LogP contribution is -2.33. The van der Waals surface area contributed by atoms with Crippen LogP contribution in [-0.2, 0) is 19.2 Å². The van der Waals surface area contributed by atoms with Crippen molar-refractivity contribution in [3.8, 4) is 11.5 Å². The highest BCUT2D eigenvalue weighted by Gasteiger charge is 2.42. The standard InChI is InChI=1S/C26H20N4O10S4/c31-15-9-11(1-3-13(15)23(37)38)27-17(33)5-7-29-21(35)19(43-25(29)41)20-22(36)30(26(42)44-20)8-6-18(34)28-12-2-4-14(24(39)40)16(32)10-12/h1-4,9-10,31-32H,5-8H2,(H,27,33)(H,28,34)(H,37,38)(H,39,40). The molecule has 4 rings (SSSR count). The van der Waals surface area contributed by atoms with Crippen LogP contribution in [0.1, 0.15) is 33.6 Å². The van der Waals surface area contributed by atoms with Crippen LogP contribution in [0, 0.1) is 0 Å². The van der Waals surface area contributed by atoms with Gasteiger partial charge in [0.1, 0.15) is 31.3 Å². The Morgan fingerprint density at radius 1 is 0.682 bits per heavy atom. The van der Waals surface area contributed by atoms with Crippen molar-refractivity contribution < 1.29 is 49.2 Å². The van der Waals surface area contributed by atoms with Gasteiger partial charge in [0.2, 0.25) is 11.8 Å². The van der Waals surface area contributed by atoms with Crippen molar-refractivity contribution in [3.05, 3.63) is 57.3 Å². The molecule has 2 fully saturated rings. The first-order valence-electron chi connectivity index (χ1n) is 12.3. The van der Waals surface area contributed by atoms with Crippen LogP contribution in [0.2, 0.25) is 0 Å². The predicted molar refractivity (Wildman–Crippen MR) is 167 cm³/mol. The van der Waals surface area contributed by atoms with Gasteiger partial charge in [0.15, 0.2) is 0 Å². The highest BCUT2D eigenvalue weighted by molar-refractivity contribution is 8.29. The maximum absolute atomic E-state index is 13.1. The molecule has 0 bridgehead atoms. The van der Waals surface area contributed by atoms with E-state index < -0.39 is 47.1 Å². The number of thioether (sulfide) groups is 2. The van der Waals surface area contributed by atoms with Crippen LogP contribution >= 0.6 is 48.0 Å². The summed E-state index contributed by atoms with van der Waals surface area (Å²) < 4.78 is 0.228. The number of anilines is 2. The van der Waals surface area contributed by atoms with Crippen molar-refractivity contribution >= 4 is 104 Å². The largest absolute Gasteiger partial charge is 0.507 e. The molecule has 2 heterocycles. The third-order valence-corrected chi connectivity index (χ3v) is 9.08. The topological polar surface area (TPSA) is 214 Å². The summed E-state index contributed by atoms with van der Waals surface area (Å²) >= 11 is 12.3. The number of aromatic carboxylic acids is 2. The van der Waals surface area contributed by atoms with Gasteiger partial charge in [0.05, 0.1) is 9.81 Å². The van der Waals surface area contributed by atoms with E-state index in [1.165, 1.54) is 12.1 Å². The second kappa shape index (κ2) is 13.4. The van der Waals surface area contributed by atoms with Crippen molar-refractivity contribution in [1.82, 2.24) is 9.80 Å². The number of nitrogens with one attached hydrogen (secondary N) is 2. The summed E-state index contributed by atoms with van der Waals surface area (Å²) in [4.78, 5) is 75.6. The second-order valence-corrected chi connectivity index (χ2v) is 12.3. The van der Waals surface area contributed by atoms with E-state index in [0.717, 1.165) is 57.6 Å². The first kappa shape index (κ1) is 32.4. The molecule has 0 unspecified atom stereocenters. The van der Waals surface area contributed by atoms with E-state index in [4.69, 9.17) is 34.6 Å². The highest BCUT2D eigenvalue weighted by atomic mass is 32.2. The van der Waals surface area contributed by atoms with Gasteiger partial charge in [-0.1, -0.05) is 48.0 Å². The fourth-order valence-electron chi connectivity index (χ4n) is 3.91. The Kier molecular flexibility index (Phi) is 9.88. The molecule has 2 aromatic rings. The first-order valence-corrected chi connectivity index (χ1v) is 14.8. The van der Waals surface area contributed by atoms with Crippen molar-refractivity contribution in [2.75, 3.05) is 23.7 Å². The molecule has 0 aromatic heterocycles. The molecule has 0 saturated carbocycles. The maximum Gasteiger partial charge on any atom is 0.339 e. The van der Waals surface area contributed by atoms with E-state index in [-0.39, 0.29) is 66.9 Å². The monoisotopic (exact) mass is 676 g/mol. The molecule has 44 heavy (non-hydrogen) atoms. The van der Waals surface area contributed by atoms with Gasteiger partial charge in [-0.15, -0.1) is 0 Å². The summed E-state index contributed by atoms with van der Waals surface area (Å²) in [6, 6.07) is 7.02. The quantitative estimate of drug-likeness (QED) is 0.158. The average molecular weight is 677 g/mol. The third-order valence-electron chi connectivity index (χ3n) is 6.05. The van der Waals surface area contributed by atoms with Crippen LogP contribution in [0.15, 0.2) is 46.2 Å². The molecule has 2 saturated heterocycles. The van der Waals surface area contributed by atoms with Crippen LogP contribution in [0.4, 0.5) is 11.4 Å². The van der Waals surface area contributed by atoms with Crippen molar-refractivity contribution in [3.63, 3.8) is 0 Å². The fraction of sp³-hybridized carbons (Fsp3) is 0.154. The number of carbonyl (C=O) groups excluding carboxylic acids is 4. The number of phenols is 2. The number of nitrogens with zero attached hydrogens (tertiary/aromatic N) is 2. The molecule has 6 N–H and O–H groups in total. The smallest absolute Gasteiger partial charge is 0.339 e. The number of carboxylic acid groups (broad SMARTS) is 2. The van der Waals surface area contributed by atoms with Gasteiger partial charge in [-0.3, -0.25) is 29.0 Å². The van der Waals surface area contributed by atoms with Crippen LogP contribution in [0.5, 0.6) is 11.5 Å². The summed E-state index contributed by atoms with van der Waals surface area (Å²) in [5.74, 6) is -6.01. The van der Waals surface area contributed by atoms with Gasteiger partial charge < -0.3 is 31.1 Å². The lowest BCUT2D eigenvalue weighted by atomic mass is 10.2. The minimum absolute atomic E-state index is 0.0305. The second-order valence-electron chi connectivity index (χ2n) is 8.98. The Balaban J connectivity index is 1.33. The number of thiocarbonyl (C=S) groups is 2. The van der Waals surface area contributed by atoms with Crippen LogP contribution in [0.3, 0.4) is 0 Å². The van der Waals surface area contributed by atoms with Crippen molar-refractivity contribution in [2.24, 2.45) is 0 Å². The molecule has 0 atom stereocenters. The molecule has 0 spiro atoms. The van der Waals surface area contributed by atoms with E-state index >= 15 is 0 Å². The third kappa shape index (κ3) is 7.16. The zero-order valence-corrected chi connectivity index (χ0v) is 25.3. The Bertz CT molecular complexity index is 1570. The Hall–Kier alpha value is -4.52. The van der Waals surface area contributed by atoms with Crippen molar-refractivity contribution in [2.45, 2.75) is 12.8 Å². The summed E-state index contributed by atoms with van der Waals surface area (Å²) in [5, 5.41) is 42.6. The molecule has 2 aromatic carbocycles. The number of amides is 4. The molecule has 2 aliphatic rings. The number of hydrogen-bond acceptors (Lipinski definition) is 12. The number of carboxylic acids is 2. The van der Waals surface area contributed by atoms with E-state index in [1.807, 2.05) is 0 Å². The lowest BCUT2D eigenvalue weighted by Gasteiger charge is -2.15. The highest BCUT2D eigenvalue weighted by Crippen LogP contribution is 2.42. The number of carbonyl (C=O) groups is 6. The Morgan fingerprint density at radius 3 is 1.36 bits per heavy atom. The molecule has 0 radical (unpaired) electrons. The minimum atomic E-state index is -1.33. The molecule has 2 aliphatic heterocycles. The van der Waals surface area contributed by atoms with Gasteiger partial charge in [0.25, 0.3) is 11.8 Å². The fourth-order valence-corrected chi connectivity index (χ4v) is 6.68. The summed E-state index contributed by atoms with van der Waals surface area (Å²) in [6.45, 7) is -0.245. The molecule has 18 heteroatoms. The van der Waals surface area contributed by atoms with E-state index in [0.29, 0.717) is 0 Å². The molecular formula is C26H20N4O10S4. The zero-order valence-electron chi connectivity index (χ0n) is 22.1. The summed E-state index contributed by atoms with van der Waals surface area (Å²) in [7, 11) is 0. The first-order chi connectivity index (χ1) is 20.8. The summed E-state index contributed by atoms with van der Waals surface area (Å²) in [6.07, 6.45) is -0.401. The Morgan fingerprint density at radius 2 is 1.05 bits per heavy atom. The minimum Gasteiger partial charge on any atom is -0.507 e. The zero-order chi connectivity index (χ0) is 32.3. The molecule has 228 valence electrons. The number of benzene rings is 2. The predicted octanol–water partition coefficient (Wildman–Crippen LogP) is 2.78. The number of aromatic hydroxyl groups is 2. The number of rotatable bonds is 10. The van der Waals surface area contributed by atoms with Gasteiger partial charge in [0, 0.05) is 49.4 Å². The molecule has 14 nitrogen and oxygen atoms in total. The number of hydrogen-bond donors (Lipinski definition) is 6.